The Balaban J connectivity index is 2.81. The van der Waals surface area contributed by atoms with E-state index in [9.17, 15) is 0 Å². The Bertz CT molecular complexity index is 521. The molecule has 78 valence electrons. The van der Waals surface area contributed by atoms with Crippen LogP contribution in [0.2, 0.25) is 0 Å². The number of nitrogen functional groups attached to an aromatic ring is 1. The summed E-state index contributed by atoms with van der Waals surface area (Å²) in [4.78, 5) is 4.48. The monoisotopic (exact) mass is 202 g/mol. The molecule has 3 nitrogen and oxygen atoms in total. The van der Waals surface area contributed by atoms with Gasteiger partial charge in [0, 0.05) is 16.8 Å². The lowest BCUT2D eigenvalue weighted by atomic mass is 10.1. The van der Waals surface area contributed by atoms with Gasteiger partial charge in [0.25, 0.3) is 0 Å². The molecule has 0 aliphatic carbocycles. The molecule has 0 aliphatic rings. The molecule has 0 fully saturated rings. The van der Waals surface area contributed by atoms with Crippen molar-refractivity contribution in [3.63, 3.8) is 0 Å². The first-order valence-electron chi connectivity index (χ1n) is 4.84. The van der Waals surface area contributed by atoms with Crippen molar-refractivity contribution in [3.8, 4) is 5.75 Å². The van der Waals surface area contributed by atoms with E-state index < -0.39 is 0 Å². The van der Waals surface area contributed by atoms with Gasteiger partial charge in [-0.05, 0) is 37.6 Å². The Morgan fingerprint density at radius 1 is 1.27 bits per heavy atom. The minimum absolute atomic E-state index is 0.788. The summed E-state index contributed by atoms with van der Waals surface area (Å²) in [6.07, 6.45) is 0. The average Bonchev–Trinajstić information content (AvgIpc) is 2.26. The molecule has 0 amide bonds. The highest BCUT2D eigenvalue weighted by atomic mass is 16.5. The van der Waals surface area contributed by atoms with Gasteiger partial charge in [-0.2, -0.15) is 0 Å². The van der Waals surface area contributed by atoms with Crippen molar-refractivity contribution < 1.29 is 4.74 Å². The lowest BCUT2D eigenvalue weighted by Crippen LogP contribution is -1.97. The number of rotatable bonds is 1. The molecule has 3 heteroatoms. The fourth-order valence-corrected chi connectivity index (χ4v) is 1.62. The lowest BCUT2D eigenvalue weighted by molar-refractivity contribution is 0.415. The van der Waals surface area contributed by atoms with Gasteiger partial charge in [-0.15, -0.1) is 0 Å². The van der Waals surface area contributed by atoms with Crippen LogP contribution in [0.15, 0.2) is 18.2 Å². The highest BCUT2D eigenvalue weighted by Gasteiger charge is 2.06. The molecule has 0 aliphatic heterocycles. The van der Waals surface area contributed by atoms with E-state index in [-0.39, 0.29) is 0 Å². The van der Waals surface area contributed by atoms with Gasteiger partial charge in [0.15, 0.2) is 0 Å². The van der Waals surface area contributed by atoms with Crippen LogP contribution < -0.4 is 10.5 Å². The van der Waals surface area contributed by atoms with Crippen LogP contribution in [-0.4, -0.2) is 12.1 Å². The summed E-state index contributed by atoms with van der Waals surface area (Å²) < 4.78 is 5.16. The van der Waals surface area contributed by atoms with Crippen LogP contribution in [0.3, 0.4) is 0 Å². The van der Waals surface area contributed by atoms with E-state index in [4.69, 9.17) is 10.5 Å². The van der Waals surface area contributed by atoms with E-state index in [1.165, 1.54) is 0 Å². The van der Waals surface area contributed by atoms with Crippen molar-refractivity contribution >= 4 is 16.6 Å². The molecule has 0 saturated heterocycles. The Morgan fingerprint density at radius 3 is 2.67 bits per heavy atom. The third-order valence-electron chi connectivity index (χ3n) is 2.73. The fraction of sp³-hybridized carbons (Fsp3) is 0.250. The second-order valence-corrected chi connectivity index (χ2v) is 3.62. The van der Waals surface area contributed by atoms with Crippen LogP contribution in [-0.2, 0) is 0 Å². The van der Waals surface area contributed by atoms with Crippen molar-refractivity contribution in [2.45, 2.75) is 13.8 Å². The smallest absolute Gasteiger partial charge is 0.119 e. The molecular formula is C12H14N2O. The van der Waals surface area contributed by atoms with Crippen LogP contribution in [0.4, 0.5) is 5.69 Å². The molecule has 2 aromatic rings. The third kappa shape index (κ3) is 1.50. The summed E-state index contributed by atoms with van der Waals surface area (Å²) >= 11 is 0. The van der Waals surface area contributed by atoms with Crippen LogP contribution >= 0.6 is 0 Å². The van der Waals surface area contributed by atoms with Crippen LogP contribution in [0, 0.1) is 13.8 Å². The lowest BCUT2D eigenvalue weighted by Gasteiger charge is -2.09. The van der Waals surface area contributed by atoms with Gasteiger partial charge in [0.1, 0.15) is 5.75 Å². The molecule has 0 saturated carbocycles. The maximum atomic E-state index is 6.05. The Morgan fingerprint density at radius 2 is 2.00 bits per heavy atom. The van der Waals surface area contributed by atoms with E-state index in [1.807, 2.05) is 32.0 Å². The Hall–Kier alpha value is -1.77. The first-order valence-corrected chi connectivity index (χ1v) is 4.84. The molecule has 0 spiro atoms. The summed E-state index contributed by atoms with van der Waals surface area (Å²) in [5.41, 5.74) is 9.76. The highest BCUT2D eigenvalue weighted by Crippen LogP contribution is 2.28. The zero-order chi connectivity index (χ0) is 11.0. The van der Waals surface area contributed by atoms with Gasteiger partial charge in [-0.3, -0.25) is 4.98 Å². The number of methoxy groups -OCH3 is 1. The summed E-state index contributed by atoms with van der Waals surface area (Å²) in [7, 11) is 1.64. The number of benzene rings is 1. The SMILES string of the molecule is COc1ccc2nc(C)c(C)c(N)c2c1. The standard InChI is InChI=1S/C12H14N2O/c1-7-8(2)14-11-5-4-9(15-3)6-10(11)12(7)13/h4-6H,1-3H3,(H2,13,14). The summed E-state index contributed by atoms with van der Waals surface area (Å²) in [6, 6.07) is 5.74. The quantitative estimate of drug-likeness (QED) is 0.772. The molecule has 2 N–H and O–H groups in total. The molecule has 1 aromatic carbocycles. The molecule has 1 heterocycles. The maximum Gasteiger partial charge on any atom is 0.119 e. The van der Waals surface area contributed by atoms with Crippen LogP contribution in [0.5, 0.6) is 5.75 Å². The highest BCUT2D eigenvalue weighted by molar-refractivity contribution is 5.93. The van der Waals surface area contributed by atoms with Crippen molar-refractivity contribution in [3.05, 3.63) is 29.5 Å². The van der Waals surface area contributed by atoms with E-state index in [1.54, 1.807) is 7.11 Å². The summed E-state index contributed by atoms with van der Waals surface area (Å²) in [5, 5.41) is 0.956. The van der Waals surface area contributed by atoms with Gasteiger partial charge in [0.05, 0.1) is 12.6 Å². The minimum atomic E-state index is 0.788. The number of fused-ring (bicyclic) bond motifs is 1. The van der Waals surface area contributed by atoms with Gasteiger partial charge in [-0.1, -0.05) is 0 Å². The van der Waals surface area contributed by atoms with Crippen molar-refractivity contribution in [2.24, 2.45) is 0 Å². The van der Waals surface area contributed by atoms with Crippen molar-refractivity contribution in [1.29, 1.82) is 0 Å². The van der Waals surface area contributed by atoms with Crippen LogP contribution in [0.25, 0.3) is 10.9 Å². The fourth-order valence-electron chi connectivity index (χ4n) is 1.62. The second-order valence-electron chi connectivity index (χ2n) is 3.62. The Kier molecular flexibility index (Phi) is 2.23. The molecular weight excluding hydrogens is 188 g/mol. The molecule has 0 unspecified atom stereocenters. The molecule has 15 heavy (non-hydrogen) atoms. The first kappa shape index (κ1) is 9.77. The van der Waals surface area contributed by atoms with E-state index in [2.05, 4.69) is 4.98 Å². The number of aryl methyl sites for hydroxylation is 1. The molecule has 0 atom stereocenters. The number of nitrogens with two attached hydrogens (primary N) is 1. The number of hydrogen-bond donors (Lipinski definition) is 1. The van der Waals surface area contributed by atoms with Crippen molar-refractivity contribution in [1.82, 2.24) is 4.98 Å². The molecule has 0 radical (unpaired) electrons. The van der Waals surface area contributed by atoms with E-state index >= 15 is 0 Å². The van der Waals surface area contributed by atoms with Gasteiger partial charge >= 0.3 is 0 Å². The van der Waals surface area contributed by atoms with Gasteiger partial charge in [0.2, 0.25) is 0 Å². The average molecular weight is 202 g/mol. The maximum absolute atomic E-state index is 6.05. The molecule has 0 bridgehead atoms. The Labute approximate surface area is 88.9 Å². The molecule has 2 rings (SSSR count). The first-order chi connectivity index (χ1) is 7.13. The molecule has 1 aromatic heterocycles. The minimum Gasteiger partial charge on any atom is -0.497 e. The predicted molar refractivity (Wildman–Crippen MR) is 62.2 cm³/mol. The largest absolute Gasteiger partial charge is 0.497 e. The normalized spacial score (nSPS) is 10.6. The zero-order valence-electron chi connectivity index (χ0n) is 9.16. The van der Waals surface area contributed by atoms with Gasteiger partial charge in [-0.25, -0.2) is 0 Å². The summed E-state index contributed by atoms with van der Waals surface area (Å²) in [5.74, 6) is 0.805. The zero-order valence-corrected chi connectivity index (χ0v) is 9.16. The number of aromatic nitrogens is 1. The number of anilines is 1. The summed E-state index contributed by atoms with van der Waals surface area (Å²) in [6.45, 7) is 3.95. The number of ether oxygens (including phenoxy) is 1. The number of nitrogens with zero attached hydrogens (tertiary/aromatic N) is 1. The topological polar surface area (TPSA) is 48.1 Å². The predicted octanol–water partition coefficient (Wildman–Crippen LogP) is 2.44. The second kappa shape index (κ2) is 3.42. The third-order valence-corrected chi connectivity index (χ3v) is 2.73. The van der Waals surface area contributed by atoms with Crippen LogP contribution in [0.1, 0.15) is 11.3 Å². The van der Waals surface area contributed by atoms with Gasteiger partial charge < -0.3 is 10.5 Å². The number of pyridine rings is 1. The van der Waals surface area contributed by atoms with E-state index in [0.717, 1.165) is 33.6 Å². The number of hydrogen-bond acceptors (Lipinski definition) is 3. The van der Waals surface area contributed by atoms with Crippen molar-refractivity contribution in [2.75, 3.05) is 12.8 Å². The van der Waals surface area contributed by atoms with E-state index in [0.29, 0.717) is 0 Å².